The number of aliphatic hydroxyl groups is 1. The summed E-state index contributed by atoms with van der Waals surface area (Å²) in [6.45, 7) is 5.98. The Morgan fingerprint density at radius 2 is 1.89 bits per heavy atom. The van der Waals surface area contributed by atoms with Gasteiger partial charge in [-0.15, -0.1) is 0 Å². The van der Waals surface area contributed by atoms with Crippen LogP contribution >= 0.6 is 0 Å². The zero-order valence-corrected chi connectivity index (χ0v) is 13.0. The minimum absolute atomic E-state index is 0.00186. The average molecular weight is 289 g/mol. The molecule has 112 valence electrons. The fourth-order valence-corrected chi connectivity index (χ4v) is 5.06. The summed E-state index contributed by atoms with van der Waals surface area (Å²) in [5.41, 5.74) is 0.00186. The van der Waals surface area contributed by atoms with Crippen LogP contribution in [0.4, 0.5) is 0 Å². The number of sulfone groups is 1. The van der Waals surface area contributed by atoms with Gasteiger partial charge in [0.25, 0.3) is 0 Å². The highest BCUT2D eigenvalue weighted by Crippen LogP contribution is 2.39. The van der Waals surface area contributed by atoms with Gasteiger partial charge in [-0.3, -0.25) is 4.90 Å². The molecule has 2 fully saturated rings. The van der Waals surface area contributed by atoms with E-state index in [0.717, 1.165) is 25.3 Å². The third-order valence-electron chi connectivity index (χ3n) is 5.02. The Balaban J connectivity index is 1.99. The van der Waals surface area contributed by atoms with E-state index in [0.29, 0.717) is 6.54 Å². The predicted octanol–water partition coefficient (Wildman–Crippen LogP) is 1.29. The number of hydrogen-bond donors (Lipinski definition) is 1. The Kier molecular flexibility index (Phi) is 4.58. The monoisotopic (exact) mass is 289 g/mol. The van der Waals surface area contributed by atoms with Gasteiger partial charge >= 0.3 is 0 Å². The number of nitrogens with zero attached hydrogens (tertiary/aromatic N) is 1. The van der Waals surface area contributed by atoms with Gasteiger partial charge in [0.2, 0.25) is 0 Å². The first kappa shape index (κ1) is 15.3. The first-order valence-corrected chi connectivity index (χ1v) is 9.23. The number of hydrogen-bond acceptors (Lipinski definition) is 4. The largest absolute Gasteiger partial charge is 0.396 e. The summed E-state index contributed by atoms with van der Waals surface area (Å²) in [6, 6.07) is 0.0847. The van der Waals surface area contributed by atoms with E-state index in [1.807, 2.05) is 6.92 Å². The van der Waals surface area contributed by atoms with Crippen LogP contribution in [-0.2, 0) is 9.84 Å². The van der Waals surface area contributed by atoms with Crippen molar-refractivity contribution in [1.82, 2.24) is 4.90 Å². The number of aliphatic hydroxyl groups excluding tert-OH is 1. The highest BCUT2D eigenvalue weighted by molar-refractivity contribution is 7.91. The summed E-state index contributed by atoms with van der Waals surface area (Å²) in [6.07, 6.45) is 4.50. The summed E-state index contributed by atoms with van der Waals surface area (Å²) in [4.78, 5) is 2.27. The van der Waals surface area contributed by atoms with Crippen molar-refractivity contribution < 1.29 is 13.5 Å². The van der Waals surface area contributed by atoms with Crippen LogP contribution in [0.1, 0.15) is 39.5 Å². The molecule has 1 saturated carbocycles. The van der Waals surface area contributed by atoms with Crippen LogP contribution in [0.2, 0.25) is 0 Å². The topological polar surface area (TPSA) is 57.6 Å². The van der Waals surface area contributed by atoms with Crippen molar-refractivity contribution in [2.24, 2.45) is 11.3 Å². The normalized spacial score (nSPS) is 40.2. The zero-order valence-electron chi connectivity index (χ0n) is 12.1. The Bertz CT molecular complexity index is 399. The van der Waals surface area contributed by atoms with Gasteiger partial charge in [0, 0.05) is 31.2 Å². The van der Waals surface area contributed by atoms with E-state index in [-0.39, 0.29) is 29.6 Å². The third kappa shape index (κ3) is 3.70. The lowest BCUT2D eigenvalue weighted by atomic mass is 9.71. The molecular weight excluding hydrogens is 262 g/mol. The minimum Gasteiger partial charge on any atom is -0.396 e. The first-order valence-electron chi connectivity index (χ1n) is 7.41. The van der Waals surface area contributed by atoms with Gasteiger partial charge in [0.15, 0.2) is 9.84 Å². The van der Waals surface area contributed by atoms with Gasteiger partial charge in [0.1, 0.15) is 0 Å². The molecule has 1 atom stereocenters. The average Bonchev–Trinajstić information content (AvgIpc) is 2.35. The third-order valence-corrected chi connectivity index (χ3v) is 6.81. The van der Waals surface area contributed by atoms with Crippen LogP contribution in [0, 0.1) is 11.3 Å². The maximum atomic E-state index is 11.6. The highest BCUT2D eigenvalue weighted by atomic mass is 32.2. The first-order chi connectivity index (χ1) is 8.86. The Labute approximate surface area is 117 Å². The fourth-order valence-electron chi connectivity index (χ4n) is 3.44. The molecule has 5 heteroatoms. The van der Waals surface area contributed by atoms with Gasteiger partial charge in [-0.05, 0) is 25.7 Å². The molecule has 4 nitrogen and oxygen atoms in total. The zero-order chi connectivity index (χ0) is 14.1. The molecule has 0 aromatic heterocycles. The van der Waals surface area contributed by atoms with Gasteiger partial charge < -0.3 is 5.11 Å². The molecule has 0 aromatic rings. The van der Waals surface area contributed by atoms with E-state index in [1.165, 1.54) is 12.8 Å². The molecule has 0 radical (unpaired) electrons. The quantitative estimate of drug-likeness (QED) is 0.851. The molecule has 19 heavy (non-hydrogen) atoms. The Morgan fingerprint density at radius 3 is 2.42 bits per heavy atom. The van der Waals surface area contributed by atoms with E-state index >= 15 is 0 Å². The number of rotatable bonds is 3. The summed E-state index contributed by atoms with van der Waals surface area (Å²) >= 11 is 0. The molecule has 0 aromatic carbocycles. The molecule has 1 aliphatic heterocycles. The van der Waals surface area contributed by atoms with Crippen LogP contribution in [0.25, 0.3) is 0 Å². The summed E-state index contributed by atoms with van der Waals surface area (Å²) in [5.74, 6) is 1.30. The van der Waals surface area contributed by atoms with Crippen LogP contribution in [0.3, 0.4) is 0 Å². The molecule has 1 N–H and O–H groups in total. The van der Waals surface area contributed by atoms with Gasteiger partial charge in [-0.1, -0.05) is 19.8 Å². The lowest BCUT2D eigenvalue weighted by molar-refractivity contribution is 0.0211. The minimum atomic E-state index is -2.85. The van der Waals surface area contributed by atoms with Crippen molar-refractivity contribution in [2.45, 2.75) is 45.6 Å². The summed E-state index contributed by atoms with van der Waals surface area (Å²) in [5, 5.41) is 9.80. The van der Waals surface area contributed by atoms with E-state index in [4.69, 9.17) is 0 Å². The standard InChI is InChI=1S/C14H27NO3S/c1-12-3-5-14(11-16,6-4-12)10-15-7-8-19(17,18)9-13(15)2/h12-13,16H,3-11H2,1-2H3. The van der Waals surface area contributed by atoms with E-state index in [1.54, 1.807) is 0 Å². The van der Waals surface area contributed by atoms with Gasteiger partial charge in [-0.2, -0.15) is 0 Å². The van der Waals surface area contributed by atoms with Crippen LogP contribution in [0.5, 0.6) is 0 Å². The molecule has 0 bridgehead atoms. The molecule has 0 amide bonds. The molecule has 0 spiro atoms. The maximum absolute atomic E-state index is 11.6. The van der Waals surface area contributed by atoms with Crippen molar-refractivity contribution in [1.29, 1.82) is 0 Å². The molecule has 1 saturated heterocycles. The fraction of sp³-hybridized carbons (Fsp3) is 1.00. The summed E-state index contributed by atoms with van der Waals surface area (Å²) in [7, 11) is -2.85. The molecule has 1 unspecified atom stereocenters. The van der Waals surface area contributed by atoms with Crippen LogP contribution in [-0.4, -0.2) is 55.7 Å². The molecule has 2 rings (SSSR count). The Hall–Kier alpha value is -0.130. The van der Waals surface area contributed by atoms with E-state index in [9.17, 15) is 13.5 Å². The second kappa shape index (κ2) is 5.70. The molecule has 2 aliphatic rings. The molecule has 1 aliphatic carbocycles. The van der Waals surface area contributed by atoms with Crippen molar-refractivity contribution >= 4 is 9.84 Å². The van der Waals surface area contributed by atoms with E-state index in [2.05, 4.69) is 11.8 Å². The van der Waals surface area contributed by atoms with Gasteiger partial charge in [0.05, 0.1) is 11.5 Å². The van der Waals surface area contributed by atoms with Crippen LogP contribution < -0.4 is 0 Å². The van der Waals surface area contributed by atoms with Crippen LogP contribution in [0.15, 0.2) is 0 Å². The van der Waals surface area contributed by atoms with Crippen molar-refractivity contribution in [3.05, 3.63) is 0 Å². The maximum Gasteiger partial charge on any atom is 0.153 e. The second-order valence-electron chi connectivity index (χ2n) is 6.77. The second-order valence-corrected chi connectivity index (χ2v) is 9.00. The SMILES string of the molecule is CC1CCC(CO)(CN2CCS(=O)(=O)CC2C)CC1. The lowest BCUT2D eigenvalue weighted by Gasteiger charge is -2.44. The predicted molar refractivity (Wildman–Crippen MR) is 76.8 cm³/mol. The van der Waals surface area contributed by atoms with Crippen molar-refractivity contribution in [3.8, 4) is 0 Å². The molecular formula is C14H27NO3S. The lowest BCUT2D eigenvalue weighted by Crippen LogP contribution is -2.52. The smallest absolute Gasteiger partial charge is 0.153 e. The van der Waals surface area contributed by atoms with E-state index < -0.39 is 9.84 Å². The van der Waals surface area contributed by atoms with Crippen molar-refractivity contribution in [3.63, 3.8) is 0 Å². The highest BCUT2D eigenvalue weighted by Gasteiger charge is 2.38. The van der Waals surface area contributed by atoms with Crippen molar-refractivity contribution in [2.75, 3.05) is 31.2 Å². The summed E-state index contributed by atoms with van der Waals surface area (Å²) < 4.78 is 23.2. The van der Waals surface area contributed by atoms with Gasteiger partial charge in [-0.25, -0.2) is 8.42 Å². The Morgan fingerprint density at radius 1 is 1.26 bits per heavy atom. The molecule has 1 heterocycles.